The Hall–Kier alpha value is -1.94. The zero-order valence-corrected chi connectivity index (χ0v) is 9.48. The zero-order chi connectivity index (χ0) is 12.3. The number of nitrogens with zero attached hydrogens (tertiary/aromatic N) is 1. The van der Waals surface area contributed by atoms with Crippen molar-refractivity contribution in [2.24, 2.45) is 5.73 Å². The molecule has 1 aromatic heterocycles. The van der Waals surface area contributed by atoms with Crippen LogP contribution in [0.2, 0.25) is 0 Å². The van der Waals surface area contributed by atoms with E-state index < -0.39 is 0 Å². The molecule has 2 rings (SSSR count). The molecule has 3 nitrogen and oxygen atoms in total. The van der Waals surface area contributed by atoms with Crippen LogP contribution < -0.4 is 10.5 Å². The van der Waals surface area contributed by atoms with Crippen molar-refractivity contribution in [3.63, 3.8) is 0 Å². The number of nitrogens with two attached hydrogens (primary N) is 1. The second-order valence-electron chi connectivity index (χ2n) is 3.56. The first kappa shape index (κ1) is 11.5. The minimum atomic E-state index is -0.300. The third kappa shape index (κ3) is 2.26. The third-order valence-corrected chi connectivity index (χ3v) is 2.53. The van der Waals surface area contributed by atoms with Crippen molar-refractivity contribution in [3.8, 4) is 17.0 Å². The molecule has 0 aliphatic heterocycles. The highest BCUT2D eigenvalue weighted by Crippen LogP contribution is 2.28. The number of ether oxygens (including phenoxy) is 1. The molecule has 2 aromatic rings. The summed E-state index contributed by atoms with van der Waals surface area (Å²) >= 11 is 0. The lowest BCUT2D eigenvalue weighted by atomic mass is 10.1. The Labute approximate surface area is 99.1 Å². The molecule has 88 valence electrons. The molecule has 0 aliphatic rings. The highest BCUT2D eigenvalue weighted by molar-refractivity contribution is 5.66. The van der Waals surface area contributed by atoms with Crippen molar-refractivity contribution in [3.05, 3.63) is 47.9 Å². The van der Waals surface area contributed by atoms with Crippen LogP contribution in [-0.4, -0.2) is 12.1 Å². The van der Waals surface area contributed by atoms with Gasteiger partial charge in [-0.2, -0.15) is 0 Å². The topological polar surface area (TPSA) is 48.1 Å². The predicted molar refractivity (Wildman–Crippen MR) is 64.1 cm³/mol. The van der Waals surface area contributed by atoms with Crippen LogP contribution in [-0.2, 0) is 6.54 Å². The normalized spacial score (nSPS) is 10.3. The van der Waals surface area contributed by atoms with Crippen molar-refractivity contribution < 1.29 is 9.13 Å². The minimum absolute atomic E-state index is 0.162. The highest BCUT2D eigenvalue weighted by atomic mass is 19.1. The molecule has 0 atom stereocenters. The summed E-state index contributed by atoms with van der Waals surface area (Å²) < 4.78 is 18.6. The van der Waals surface area contributed by atoms with E-state index in [9.17, 15) is 4.39 Å². The maximum atomic E-state index is 13.3. The highest BCUT2D eigenvalue weighted by Gasteiger charge is 2.09. The summed E-state index contributed by atoms with van der Waals surface area (Å²) in [5.74, 6) is 0.355. The van der Waals surface area contributed by atoms with Gasteiger partial charge in [0.15, 0.2) is 0 Å². The van der Waals surface area contributed by atoms with Crippen molar-refractivity contribution in [1.82, 2.24) is 4.98 Å². The van der Waals surface area contributed by atoms with Crippen molar-refractivity contribution in [2.45, 2.75) is 6.54 Å². The van der Waals surface area contributed by atoms with Gasteiger partial charge in [-0.25, -0.2) is 4.39 Å². The Morgan fingerprint density at radius 3 is 2.88 bits per heavy atom. The van der Waals surface area contributed by atoms with Crippen molar-refractivity contribution in [1.29, 1.82) is 0 Å². The van der Waals surface area contributed by atoms with Gasteiger partial charge in [0.2, 0.25) is 0 Å². The van der Waals surface area contributed by atoms with Gasteiger partial charge >= 0.3 is 0 Å². The molecule has 0 amide bonds. The summed E-state index contributed by atoms with van der Waals surface area (Å²) in [4.78, 5) is 4.24. The molecule has 0 fully saturated rings. The second kappa shape index (κ2) is 4.93. The molecule has 4 heteroatoms. The lowest BCUT2D eigenvalue weighted by Crippen LogP contribution is -2.00. The summed E-state index contributed by atoms with van der Waals surface area (Å²) in [6, 6.07) is 8.36. The number of pyridine rings is 1. The molecular weight excluding hydrogens is 219 g/mol. The summed E-state index contributed by atoms with van der Waals surface area (Å²) in [7, 11) is 1.58. The van der Waals surface area contributed by atoms with Crippen LogP contribution in [0.1, 0.15) is 5.56 Å². The van der Waals surface area contributed by atoms with E-state index >= 15 is 0 Å². The quantitative estimate of drug-likeness (QED) is 0.883. The number of hydrogen-bond donors (Lipinski definition) is 1. The van der Waals surface area contributed by atoms with Crippen molar-refractivity contribution >= 4 is 0 Å². The first-order valence-corrected chi connectivity index (χ1v) is 5.24. The van der Waals surface area contributed by atoms with E-state index in [1.54, 1.807) is 31.5 Å². The van der Waals surface area contributed by atoms with Crippen LogP contribution in [0.15, 0.2) is 36.5 Å². The SMILES string of the molecule is COc1cccnc1-c1ccc(F)c(CN)c1. The van der Waals surface area contributed by atoms with Gasteiger partial charge in [-0.3, -0.25) is 4.98 Å². The van der Waals surface area contributed by atoms with Crippen molar-refractivity contribution in [2.75, 3.05) is 7.11 Å². The molecule has 0 saturated carbocycles. The fourth-order valence-electron chi connectivity index (χ4n) is 1.65. The number of benzene rings is 1. The first-order chi connectivity index (χ1) is 8.26. The Balaban J connectivity index is 2.53. The van der Waals surface area contributed by atoms with E-state index in [0.717, 1.165) is 5.56 Å². The number of aromatic nitrogens is 1. The fourth-order valence-corrected chi connectivity index (χ4v) is 1.65. The van der Waals surface area contributed by atoms with E-state index in [1.165, 1.54) is 6.07 Å². The lowest BCUT2D eigenvalue weighted by Gasteiger charge is -2.08. The van der Waals surface area contributed by atoms with Gasteiger partial charge in [-0.1, -0.05) is 0 Å². The summed E-state index contributed by atoms with van der Waals surface area (Å²) in [6.45, 7) is 0.162. The Morgan fingerprint density at radius 2 is 2.18 bits per heavy atom. The maximum absolute atomic E-state index is 13.3. The van der Waals surface area contributed by atoms with Gasteiger partial charge in [0.25, 0.3) is 0 Å². The summed E-state index contributed by atoms with van der Waals surface area (Å²) in [6.07, 6.45) is 1.67. The van der Waals surface area contributed by atoms with E-state index in [0.29, 0.717) is 17.0 Å². The molecule has 0 radical (unpaired) electrons. The standard InChI is InChI=1S/C13H13FN2O/c1-17-12-3-2-6-16-13(12)9-4-5-11(14)10(7-9)8-15/h2-7H,8,15H2,1H3. The molecule has 0 bridgehead atoms. The number of methoxy groups -OCH3 is 1. The van der Waals surface area contributed by atoms with Gasteiger partial charge in [0, 0.05) is 23.9 Å². The Morgan fingerprint density at radius 1 is 1.35 bits per heavy atom. The van der Waals surface area contributed by atoms with Crippen LogP contribution in [0, 0.1) is 5.82 Å². The summed E-state index contributed by atoms with van der Waals surface area (Å²) in [5.41, 5.74) is 7.42. The maximum Gasteiger partial charge on any atom is 0.145 e. The smallest absolute Gasteiger partial charge is 0.145 e. The molecule has 2 N–H and O–H groups in total. The molecule has 0 unspecified atom stereocenters. The largest absolute Gasteiger partial charge is 0.494 e. The Kier molecular flexibility index (Phi) is 3.35. The van der Waals surface area contributed by atoms with E-state index in [2.05, 4.69) is 4.98 Å². The van der Waals surface area contributed by atoms with Crippen LogP contribution in [0.25, 0.3) is 11.3 Å². The monoisotopic (exact) mass is 232 g/mol. The van der Waals surface area contributed by atoms with Gasteiger partial charge in [0.1, 0.15) is 17.3 Å². The summed E-state index contributed by atoms with van der Waals surface area (Å²) in [5, 5.41) is 0. The first-order valence-electron chi connectivity index (χ1n) is 5.24. The van der Waals surface area contributed by atoms with Gasteiger partial charge < -0.3 is 10.5 Å². The van der Waals surface area contributed by atoms with Gasteiger partial charge in [-0.15, -0.1) is 0 Å². The van der Waals surface area contributed by atoms with Gasteiger partial charge in [0.05, 0.1) is 7.11 Å². The molecule has 0 saturated heterocycles. The van der Waals surface area contributed by atoms with Crippen LogP contribution >= 0.6 is 0 Å². The average Bonchev–Trinajstić information content (AvgIpc) is 2.39. The third-order valence-electron chi connectivity index (χ3n) is 2.53. The predicted octanol–water partition coefficient (Wildman–Crippen LogP) is 2.35. The number of halogens is 1. The van der Waals surface area contributed by atoms with Gasteiger partial charge in [-0.05, 0) is 30.3 Å². The minimum Gasteiger partial charge on any atom is -0.494 e. The van der Waals surface area contributed by atoms with E-state index in [1.807, 2.05) is 6.07 Å². The average molecular weight is 232 g/mol. The molecule has 1 aromatic carbocycles. The van der Waals surface area contributed by atoms with E-state index in [4.69, 9.17) is 10.5 Å². The molecular formula is C13H13FN2O. The van der Waals surface area contributed by atoms with Crippen LogP contribution in [0.5, 0.6) is 5.75 Å². The Bertz CT molecular complexity index is 529. The molecule has 17 heavy (non-hydrogen) atoms. The zero-order valence-electron chi connectivity index (χ0n) is 9.48. The lowest BCUT2D eigenvalue weighted by molar-refractivity contribution is 0.415. The molecule has 0 spiro atoms. The molecule has 1 heterocycles. The van der Waals surface area contributed by atoms with Crippen LogP contribution in [0.3, 0.4) is 0 Å². The molecule has 0 aliphatic carbocycles. The number of rotatable bonds is 3. The number of hydrogen-bond acceptors (Lipinski definition) is 3. The second-order valence-corrected chi connectivity index (χ2v) is 3.56. The van der Waals surface area contributed by atoms with Crippen LogP contribution in [0.4, 0.5) is 4.39 Å². The fraction of sp³-hybridized carbons (Fsp3) is 0.154. The van der Waals surface area contributed by atoms with E-state index in [-0.39, 0.29) is 12.4 Å².